The monoisotopic (exact) mass is 264 g/mol. The summed E-state index contributed by atoms with van der Waals surface area (Å²) >= 11 is 0. The van der Waals surface area contributed by atoms with Crippen molar-refractivity contribution in [2.75, 3.05) is 5.32 Å². The number of carboxylic acids is 1. The van der Waals surface area contributed by atoms with Crippen LogP contribution in [0.5, 0.6) is 17.8 Å². The highest BCUT2D eigenvalue weighted by Gasteiger charge is 2.11. The molecule has 0 atom stereocenters. The van der Waals surface area contributed by atoms with E-state index in [0.717, 1.165) is 6.07 Å². The smallest absolute Gasteiger partial charge is 0.339 e. The quantitative estimate of drug-likeness (QED) is 0.497. The van der Waals surface area contributed by atoms with E-state index in [0.29, 0.717) is 0 Å². The van der Waals surface area contributed by atoms with E-state index in [9.17, 15) is 9.90 Å². The molecule has 1 aromatic heterocycles. The van der Waals surface area contributed by atoms with E-state index >= 15 is 0 Å². The van der Waals surface area contributed by atoms with Gasteiger partial charge in [-0.3, -0.25) is 0 Å². The maximum atomic E-state index is 10.8. The highest BCUT2D eigenvalue weighted by atomic mass is 16.4. The van der Waals surface area contributed by atoms with Gasteiger partial charge in [0.05, 0.1) is 0 Å². The van der Waals surface area contributed by atoms with Crippen molar-refractivity contribution in [2.45, 2.75) is 0 Å². The molecule has 9 heteroatoms. The SMILES string of the molecule is O=C(O)c1cc(Nc2nc(O)nc(O)n2)ccc1O. The number of rotatable bonds is 3. The summed E-state index contributed by atoms with van der Waals surface area (Å²) in [5.74, 6) is -1.87. The summed E-state index contributed by atoms with van der Waals surface area (Å²) in [5.41, 5.74) is -0.0623. The Bertz CT molecular complexity index is 626. The minimum absolute atomic E-state index is 0.174. The standard InChI is InChI=1S/C10H8N4O5/c15-6-2-1-4(3-5(6)7(16)17)11-8-12-9(18)14-10(19)13-8/h1-3,15H,(H,16,17)(H3,11,12,13,14,18,19). The number of benzene rings is 1. The van der Waals surface area contributed by atoms with Crippen molar-refractivity contribution in [1.82, 2.24) is 15.0 Å². The zero-order valence-corrected chi connectivity index (χ0v) is 9.27. The lowest BCUT2D eigenvalue weighted by molar-refractivity contribution is 0.0693. The molecule has 19 heavy (non-hydrogen) atoms. The Kier molecular flexibility index (Phi) is 3.02. The lowest BCUT2D eigenvalue weighted by Crippen LogP contribution is -2.01. The van der Waals surface area contributed by atoms with Gasteiger partial charge in [0.1, 0.15) is 11.3 Å². The molecule has 0 unspecified atom stereocenters. The Labute approximate surface area is 105 Å². The summed E-state index contributed by atoms with van der Waals surface area (Å²) in [4.78, 5) is 20.9. The molecule has 0 radical (unpaired) electrons. The van der Waals surface area contributed by atoms with Crippen LogP contribution in [0.15, 0.2) is 18.2 Å². The van der Waals surface area contributed by atoms with Crippen LogP contribution in [0.2, 0.25) is 0 Å². The van der Waals surface area contributed by atoms with Crippen molar-refractivity contribution in [1.29, 1.82) is 0 Å². The van der Waals surface area contributed by atoms with Crippen molar-refractivity contribution in [3.05, 3.63) is 23.8 Å². The Balaban J connectivity index is 2.33. The summed E-state index contributed by atoms with van der Waals surface area (Å²) in [6, 6.07) is 2.32. The first-order valence-corrected chi connectivity index (χ1v) is 4.93. The van der Waals surface area contributed by atoms with Gasteiger partial charge in [0.15, 0.2) is 0 Å². The fraction of sp³-hybridized carbons (Fsp3) is 0. The van der Waals surface area contributed by atoms with Gasteiger partial charge in [0, 0.05) is 5.69 Å². The summed E-state index contributed by atoms with van der Waals surface area (Å²) in [6.45, 7) is 0. The number of hydrogen-bond donors (Lipinski definition) is 5. The molecule has 0 aliphatic rings. The first-order chi connectivity index (χ1) is 8.95. The van der Waals surface area contributed by atoms with Crippen molar-refractivity contribution in [2.24, 2.45) is 0 Å². The third-order valence-electron chi connectivity index (χ3n) is 2.09. The molecule has 0 aliphatic heterocycles. The second-order valence-corrected chi connectivity index (χ2v) is 3.42. The number of nitrogens with one attached hydrogen (secondary N) is 1. The predicted molar refractivity (Wildman–Crippen MR) is 61.5 cm³/mol. The van der Waals surface area contributed by atoms with Gasteiger partial charge in [-0.15, -0.1) is 4.98 Å². The predicted octanol–water partition coefficient (Wildman–Crippen LogP) is 0.430. The Hall–Kier alpha value is -3.10. The number of phenols is 1. The zero-order chi connectivity index (χ0) is 14.0. The van der Waals surface area contributed by atoms with E-state index in [1.54, 1.807) is 0 Å². The van der Waals surface area contributed by atoms with Crippen LogP contribution in [-0.4, -0.2) is 41.3 Å². The summed E-state index contributed by atoms with van der Waals surface area (Å²) in [5, 5.41) is 38.8. The van der Waals surface area contributed by atoms with Crippen molar-refractivity contribution in [3.63, 3.8) is 0 Å². The van der Waals surface area contributed by atoms with Gasteiger partial charge in [-0.05, 0) is 18.2 Å². The summed E-state index contributed by atoms with van der Waals surface area (Å²) in [7, 11) is 0. The molecule has 0 spiro atoms. The Morgan fingerprint density at radius 1 is 1.05 bits per heavy atom. The summed E-state index contributed by atoms with van der Waals surface area (Å²) < 4.78 is 0. The maximum absolute atomic E-state index is 10.8. The molecule has 0 saturated carbocycles. The van der Waals surface area contributed by atoms with Gasteiger partial charge in [-0.25, -0.2) is 4.79 Å². The van der Waals surface area contributed by atoms with Gasteiger partial charge >= 0.3 is 18.0 Å². The third kappa shape index (κ3) is 2.77. The number of carbonyl (C=O) groups is 1. The van der Waals surface area contributed by atoms with Crippen LogP contribution in [0.3, 0.4) is 0 Å². The van der Waals surface area contributed by atoms with Gasteiger partial charge in [0.2, 0.25) is 5.95 Å². The molecular weight excluding hydrogens is 256 g/mol. The fourth-order valence-electron chi connectivity index (χ4n) is 1.32. The van der Waals surface area contributed by atoms with Gasteiger partial charge in [-0.1, -0.05) is 0 Å². The minimum atomic E-state index is -1.30. The molecule has 0 bridgehead atoms. The van der Waals surface area contributed by atoms with Crippen LogP contribution in [0.4, 0.5) is 11.6 Å². The van der Waals surface area contributed by atoms with E-state index in [1.165, 1.54) is 12.1 Å². The molecule has 1 heterocycles. The minimum Gasteiger partial charge on any atom is -0.507 e. The number of hydrogen-bond acceptors (Lipinski definition) is 8. The first-order valence-electron chi connectivity index (χ1n) is 4.93. The van der Waals surface area contributed by atoms with E-state index < -0.39 is 18.0 Å². The van der Waals surface area contributed by atoms with Crippen LogP contribution >= 0.6 is 0 Å². The number of aromatic nitrogens is 3. The number of carboxylic acid groups (broad SMARTS) is 1. The highest BCUT2D eigenvalue weighted by molar-refractivity contribution is 5.92. The normalized spacial score (nSPS) is 10.1. The van der Waals surface area contributed by atoms with Crippen LogP contribution in [0, 0.1) is 0 Å². The lowest BCUT2D eigenvalue weighted by atomic mass is 10.2. The van der Waals surface area contributed by atoms with Crippen molar-refractivity contribution >= 4 is 17.6 Å². The van der Waals surface area contributed by atoms with Gasteiger partial charge < -0.3 is 25.7 Å². The molecule has 98 valence electrons. The van der Waals surface area contributed by atoms with Crippen LogP contribution in [0.1, 0.15) is 10.4 Å². The van der Waals surface area contributed by atoms with Crippen molar-refractivity contribution < 1.29 is 25.2 Å². The van der Waals surface area contributed by atoms with Crippen molar-refractivity contribution in [3.8, 4) is 17.8 Å². The molecule has 1 aromatic carbocycles. The molecule has 0 fully saturated rings. The van der Waals surface area contributed by atoms with Gasteiger partial charge in [0.25, 0.3) is 0 Å². The molecular formula is C10H8N4O5. The average molecular weight is 264 g/mol. The number of anilines is 2. The van der Waals surface area contributed by atoms with E-state index in [-0.39, 0.29) is 22.9 Å². The number of aromatic hydroxyl groups is 3. The average Bonchev–Trinajstić information content (AvgIpc) is 2.30. The van der Waals surface area contributed by atoms with Crippen LogP contribution in [0.25, 0.3) is 0 Å². The zero-order valence-electron chi connectivity index (χ0n) is 9.27. The molecule has 2 rings (SSSR count). The molecule has 0 amide bonds. The molecule has 2 aromatic rings. The number of aromatic carboxylic acids is 1. The molecule has 5 N–H and O–H groups in total. The van der Waals surface area contributed by atoms with Crippen LogP contribution in [-0.2, 0) is 0 Å². The van der Waals surface area contributed by atoms with E-state index in [1.807, 2.05) is 0 Å². The van der Waals surface area contributed by atoms with Crippen LogP contribution < -0.4 is 5.32 Å². The topological polar surface area (TPSA) is 149 Å². The maximum Gasteiger partial charge on any atom is 0.339 e. The Morgan fingerprint density at radius 2 is 1.68 bits per heavy atom. The highest BCUT2D eigenvalue weighted by Crippen LogP contribution is 2.23. The van der Waals surface area contributed by atoms with E-state index in [4.69, 9.17) is 15.3 Å². The third-order valence-corrected chi connectivity index (χ3v) is 2.09. The molecule has 0 saturated heterocycles. The second kappa shape index (κ2) is 4.64. The first kappa shape index (κ1) is 12.4. The van der Waals surface area contributed by atoms with Gasteiger partial charge in [-0.2, -0.15) is 9.97 Å². The molecule has 9 nitrogen and oxygen atoms in total. The second-order valence-electron chi connectivity index (χ2n) is 3.42. The molecule has 0 aliphatic carbocycles. The largest absolute Gasteiger partial charge is 0.507 e. The number of nitrogens with zero attached hydrogens (tertiary/aromatic N) is 3. The Morgan fingerprint density at radius 3 is 2.26 bits per heavy atom. The van der Waals surface area contributed by atoms with E-state index in [2.05, 4.69) is 20.3 Å². The fourth-order valence-corrected chi connectivity index (χ4v) is 1.32. The lowest BCUT2D eigenvalue weighted by Gasteiger charge is -2.06. The summed E-state index contributed by atoms with van der Waals surface area (Å²) in [6.07, 6.45) is 0.